The highest BCUT2D eigenvalue weighted by Gasteiger charge is 2.19. The van der Waals surface area contributed by atoms with Gasteiger partial charge in [0.15, 0.2) is 0 Å². The van der Waals surface area contributed by atoms with Crippen molar-refractivity contribution in [1.82, 2.24) is 4.90 Å². The number of piperidine rings is 1. The fourth-order valence-electron chi connectivity index (χ4n) is 1.82. The number of carboxylic acid groups (broad SMARTS) is 1. The van der Waals surface area contributed by atoms with Crippen molar-refractivity contribution in [2.75, 3.05) is 19.6 Å². The highest BCUT2D eigenvalue weighted by molar-refractivity contribution is 5.69. The van der Waals surface area contributed by atoms with Crippen LogP contribution in [0.1, 0.15) is 26.2 Å². The molecule has 0 aromatic heterocycles. The van der Waals surface area contributed by atoms with Gasteiger partial charge in [0.1, 0.15) is 0 Å². The number of nitrogens with zero attached hydrogens (tertiary/aromatic N) is 1. The largest absolute Gasteiger partial charge is 0.480 e. The topological polar surface area (TPSA) is 40.5 Å². The van der Waals surface area contributed by atoms with Crippen LogP contribution < -0.4 is 0 Å². The average molecular weight is 171 g/mol. The first-order chi connectivity index (χ1) is 5.72. The highest BCUT2D eigenvalue weighted by atomic mass is 16.4. The molecule has 1 aliphatic rings. The molecule has 1 fully saturated rings. The summed E-state index contributed by atoms with van der Waals surface area (Å²) in [6.07, 6.45) is 3.61. The molecule has 0 spiro atoms. The minimum absolute atomic E-state index is 0.219. The Morgan fingerprint density at radius 2 is 2.42 bits per heavy atom. The average Bonchev–Trinajstić information content (AvgIpc) is 2.03. The van der Waals surface area contributed by atoms with Gasteiger partial charge in [-0.2, -0.15) is 0 Å². The van der Waals surface area contributed by atoms with E-state index in [0.717, 1.165) is 25.4 Å². The summed E-state index contributed by atoms with van der Waals surface area (Å²) >= 11 is 0. The van der Waals surface area contributed by atoms with Crippen LogP contribution in [-0.2, 0) is 4.79 Å². The predicted molar refractivity (Wildman–Crippen MR) is 47.1 cm³/mol. The molecule has 1 heterocycles. The fourth-order valence-corrected chi connectivity index (χ4v) is 1.82. The summed E-state index contributed by atoms with van der Waals surface area (Å²) in [7, 11) is 0. The minimum Gasteiger partial charge on any atom is -0.480 e. The van der Waals surface area contributed by atoms with Crippen molar-refractivity contribution >= 4 is 5.97 Å². The maximum absolute atomic E-state index is 10.4. The smallest absolute Gasteiger partial charge is 0.317 e. The van der Waals surface area contributed by atoms with Crippen LogP contribution in [0.3, 0.4) is 0 Å². The molecule has 70 valence electrons. The van der Waals surface area contributed by atoms with Crippen molar-refractivity contribution in [3.05, 3.63) is 0 Å². The Labute approximate surface area is 73.4 Å². The second kappa shape index (κ2) is 4.45. The van der Waals surface area contributed by atoms with E-state index in [1.54, 1.807) is 0 Å². The molecule has 1 aliphatic heterocycles. The summed E-state index contributed by atoms with van der Waals surface area (Å²) in [5.74, 6) is 0.0184. The molecule has 0 aliphatic carbocycles. The van der Waals surface area contributed by atoms with E-state index in [2.05, 4.69) is 6.92 Å². The standard InChI is InChI=1S/C9H17NO2/c1-2-8-4-3-5-10(6-8)7-9(11)12/h8H,2-7H2,1H3,(H,11,12)/t8-/m1/s1. The number of hydrogen-bond donors (Lipinski definition) is 1. The molecule has 0 aromatic carbocycles. The Kier molecular flexibility index (Phi) is 3.53. The third-order valence-corrected chi connectivity index (χ3v) is 2.54. The predicted octanol–water partition coefficient (Wildman–Crippen LogP) is 1.19. The number of carboxylic acids is 1. The molecular formula is C9H17NO2. The first-order valence-electron chi connectivity index (χ1n) is 4.66. The Morgan fingerprint density at radius 1 is 1.67 bits per heavy atom. The van der Waals surface area contributed by atoms with Crippen LogP contribution in [0.5, 0.6) is 0 Å². The number of aliphatic carboxylic acids is 1. The zero-order valence-electron chi connectivity index (χ0n) is 7.62. The van der Waals surface area contributed by atoms with Gasteiger partial charge in [-0.05, 0) is 25.3 Å². The van der Waals surface area contributed by atoms with Gasteiger partial charge in [0.25, 0.3) is 0 Å². The van der Waals surface area contributed by atoms with Gasteiger partial charge in [0.05, 0.1) is 6.54 Å². The first kappa shape index (κ1) is 9.52. The zero-order chi connectivity index (χ0) is 8.97. The number of likely N-dealkylation sites (tertiary alicyclic amines) is 1. The molecule has 0 bridgehead atoms. The monoisotopic (exact) mass is 171 g/mol. The van der Waals surface area contributed by atoms with Crippen LogP contribution in [-0.4, -0.2) is 35.6 Å². The maximum Gasteiger partial charge on any atom is 0.317 e. The second-order valence-corrected chi connectivity index (χ2v) is 3.55. The van der Waals surface area contributed by atoms with Crippen LogP contribution in [0.2, 0.25) is 0 Å². The lowest BCUT2D eigenvalue weighted by atomic mass is 9.96. The fraction of sp³-hybridized carbons (Fsp3) is 0.889. The van der Waals surface area contributed by atoms with E-state index in [1.807, 2.05) is 4.90 Å². The molecule has 0 saturated carbocycles. The SMILES string of the molecule is CC[C@@H]1CCCN(CC(=O)O)C1. The van der Waals surface area contributed by atoms with E-state index >= 15 is 0 Å². The minimum atomic E-state index is -0.702. The molecule has 1 rings (SSSR count). The van der Waals surface area contributed by atoms with Gasteiger partial charge in [0.2, 0.25) is 0 Å². The summed E-state index contributed by atoms with van der Waals surface area (Å²) in [5.41, 5.74) is 0. The first-order valence-corrected chi connectivity index (χ1v) is 4.66. The van der Waals surface area contributed by atoms with Crippen molar-refractivity contribution in [3.8, 4) is 0 Å². The summed E-state index contributed by atoms with van der Waals surface area (Å²) in [5, 5.41) is 8.58. The quantitative estimate of drug-likeness (QED) is 0.693. The lowest BCUT2D eigenvalue weighted by Gasteiger charge is -2.30. The van der Waals surface area contributed by atoms with Gasteiger partial charge in [-0.15, -0.1) is 0 Å². The summed E-state index contributed by atoms with van der Waals surface area (Å²) < 4.78 is 0. The van der Waals surface area contributed by atoms with Gasteiger partial charge in [-0.25, -0.2) is 0 Å². The van der Waals surface area contributed by atoms with E-state index < -0.39 is 5.97 Å². The van der Waals surface area contributed by atoms with E-state index in [4.69, 9.17) is 5.11 Å². The van der Waals surface area contributed by atoms with Crippen molar-refractivity contribution in [1.29, 1.82) is 0 Å². The lowest BCUT2D eigenvalue weighted by molar-refractivity contribution is -0.138. The van der Waals surface area contributed by atoms with Crippen molar-refractivity contribution < 1.29 is 9.90 Å². The van der Waals surface area contributed by atoms with Crippen LogP contribution >= 0.6 is 0 Å². The third-order valence-electron chi connectivity index (χ3n) is 2.54. The Balaban J connectivity index is 2.30. The highest BCUT2D eigenvalue weighted by Crippen LogP contribution is 2.18. The Hall–Kier alpha value is -0.570. The van der Waals surface area contributed by atoms with Gasteiger partial charge < -0.3 is 5.11 Å². The van der Waals surface area contributed by atoms with E-state index in [1.165, 1.54) is 12.8 Å². The maximum atomic E-state index is 10.4. The Bertz CT molecular complexity index is 159. The zero-order valence-corrected chi connectivity index (χ0v) is 7.62. The van der Waals surface area contributed by atoms with Gasteiger partial charge in [-0.3, -0.25) is 9.69 Å². The molecule has 0 radical (unpaired) electrons. The molecule has 0 unspecified atom stereocenters. The number of rotatable bonds is 3. The molecular weight excluding hydrogens is 154 g/mol. The Morgan fingerprint density at radius 3 is 3.00 bits per heavy atom. The van der Waals surface area contributed by atoms with Gasteiger partial charge in [0, 0.05) is 6.54 Å². The summed E-state index contributed by atoms with van der Waals surface area (Å²) in [4.78, 5) is 12.5. The van der Waals surface area contributed by atoms with Crippen molar-refractivity contribution in [2.45, 2.75) is 26.2 Å². The van der Waals surface area contributed by atoms with Gasteiger partial charge in [-0.1, -0.05) is 13.3 Å². The molecule has 3 nitrogen and oxygen atoms in total. The summed E-state index contributed by atoms with van der Waals surface area (Å²) in [6, 6.07) is 0. The molecule has 1 atom stereocenters. The third kappa shape index (κ3) is 2.81. The molecule has 0 amide bonds. The van der Waals surface area contributed by atoms with Crippen molar-refractivity contribution in [3.63, 3.8) is 0 Å². The van der Waals surface area contributed by atoms with E-state index in [-0.39, 0.29) is 6.54 Å². The van der Waals surface area contributed by atoms with Gasteiger partial charge >= 0.3 is 5.97 Å². The molecule has 12 heavy (non-hydrogen) atoms. The summed E-state index contributed by atoms with van der Waals surface area (Å²) in [6.45, 7) is 4.33. The number of carbonyl (C=O) groups is 1. The van der Waals surface area contributed by atoms with Crippen LogP contribution in [0.4, 0.5) is 0 Å². The van der Waals surface area contributed by atoms with E-state index in [9.17, 15) is 4.79 Å². The van der Waals surface area contributed by atoms with Crippen molar-refractivity contribution in [2.24, 2.45) is 5.92 Å². The van der Waals surface area contributed by atoms with Crippen LogP contribution in [0.15, 0.2) is 0 Å². The molecule has 1 saturated heterocycles. The second-order valence-electron chi connectivity index (χ2n) is 3.55. The van der Waals surface area contributed by atoms with Crippen LogP contribution in [0, 0.1) is 5.92 Å². The molecule has 3 heteroatoms. The lowest BCUT2D eigenvalue weighted by Crippen LogP contribution is -2.38. The normalized spacial score (nSPS) is 25.6. The van der Waals surface area contributed by atoms with E-state index in [0.29, 0.717) is 0 Å². The van der Waals surface area contributed by atoms with Crippen LogP contribution in [0.25, 0.3) is 0 Å². The molecule has 1 N–H and O–H groups in total. The number of hydrogen-bond acceptors (Lipinski definition) is 2. The molecule has 0 aromatic rings.